The Hall–Kier alpha value is -1.52. The molecule has 0 radical (unpaired) electrons. The van der Waals surface area contributed by atoms with E-state index in [2.05, 4.69) is 10.5 Å². The summed E-state index contributed by atoms with van der Waals surface area (Å²) in [6.45, 7) is 1.85. The van der Waals surface area contributed by atoms with Crippen LogP contribution in [0.3, 0.4) is 0 Å². The average molecular weight is 351 g/mol. The molecule has 0 spiro atoms. The van der Waals surface area contributed by atoms with Gasteiger partial charge in [-0.3, -0.25) is 4.79 Å². The third-order valence-electron chi connectivity index (χ3n) is 4.58. The van der Waals surface area contributed by atoms with Crippen molar-refractivity contribution in [1.82, 2.24) is 5.16 Å². The van der Waals surface area contributed by atoms with Gasteiger partial charge in [-0.15, -0.1) is 0 Å². The van der Waals surface area contributed by atoms with Crippen molar-refractivity contribution >= 4 is 34.8 Å². The van der Waals surface area contributed by atoms with E-state index >= 15 is 0 Å². The van der Waals surface area contributed by atoms with Crippen molar-refractivity contribution in [3.8, 4) is 0 Å². The van der Waals surface area contributed by atoms with E-state index in [0.717, 1.165) is 42.0 Å². The number of amides is 1. The van der Waals surface area contributed by atoms with Crippen molar-refractivity contribution in [2.24, 2.45) is 5.92 Å². The number of hydrogen-bond donors (Lipinski definition) is 1. The Bertz CT molecular complexity index is 763. The Labute approximate surface area is 144 Å². The molecule has 0 bridgehead atoms. The zero-order chi connectivity index (χ0) is 16.1. The normalized spacial score (nSPS) is 22.9. The Kier molecular flexibility index (Phi) is 3.62. The largest absolute Gasteiger partial charge is 0.359 e. The van der Waals surface area contributed by atoms with Gasteiger partial charge >= 0.3 is 0 Å². The quantitative estimate of drug-likeness (QED) is 0.852. The van der Waals surface area contributed by atoms with E-state index in [9.17, 15) is 4.79 Å². The molecule has 2 aromatic rings. The van der Waals surface area contributed by atoms with Crippen molar-refractivity contribution in [2.45, 2.75) is 38.0 Å². The number of rotatable bonds is 4. The minimum Gasteiger partial charge on any atom is -0.359 e. The number of nitrogens with one attached hydrogen (secondary N) is 1. The van der Waals surface area contributed by atoms with E-state index in [-0.39, 0.29) is 17.7 Å². The van der Waals surface area contributed by atoms with Gasteiger partial charge in [-0.2, -0.15) is 0 Å². The van der Waals surface area contributed by atoms with Gasteiger partial charge in [-0.05, 0) is 49.8 Å². The van der Waals surface area contributed by atoms with Crippen LogP contribution in [0.25, 0.3) is 0 Å². The summed E-state index contributed by atoms with van der Waals surface area (Å²) in [6.07, 6.45) is 2.95. The zero-order valence-electron chi connectivity index (χ0n) is 12.6. The minimum atomic E-state index is -0.103. The van der Waals surface area contributed by atoms with Crippen LogP contribution in [-0.2, 0) is 4.79 Å². The highest BCUT2D eigenvalue weighted by atomic mass is 35.5. The second-order valence-electron chi connectivity index (χ2n) is 6.35. The molecule has 2 fully saturated rings. The maximum Gasteiger partial charge on any atom is 0.228 e. The maximum atomic E-state index is 12.6. The fourth-order valence-electron chi connectivity index (χ4n) is 3.05. The summed E-state index contributed by atoms with van der Waals surface area (Å²) in [7, 11) is 0. The summed E-state index contributed by atoms with van der Waals surface area (Å²) in [5.41, 5.74) is 2.35. The lowest BCUT2D eigenvalue weighted by molar-refractivity contribution is -0.117. The highest BCUT2D eigenvalue weighted by Crippen LogP contribution is 2.52. The van der Waals surface area contributed by atoms with Crippen LogP contribution >= 0.6 is 23.2 Å². The molecule has 1 N–H and O–H groups in total. The van der Waals surface area contributed by atoms with Gasteiger partial charge in [0.25, 0.3) is 0 Å². The lowest BCUT2D eigenvalue weighted by atomic mass is 10.1. The first-order chi connectivity index (χ1) is 11.1. The first kappa shape index (κ1) is 15.0. The maximum absolute atomic E-state index is 12.6. The van der Waals surface area contributed by atoms with Crippen molar-refractivity contribution in [1.29, 1.82) is 0 Å². The molecule has 120 valence electrons. The van der Waals surface area contributed by atoms with Crippen LogP contribution in [0.4, 0.5) is 5.69 Å². The van der Waals surface area contributed by atoms with Gasteiger partial charge in [0.2, 0.25) is 5.91 Å². The lowest BCUT2D eigenvalue weighted by Gasteiger charge is -2.07. The fraction of sp³-hybridized carbons (Fsp3) is 0.412. The van der Waals surface area contributed by atoms with Crippen LogP contribution in [-0.4, -0.2) is 11.1 Å². The van der Waals surface area contributed by atoms with Gasteiger partial charge in [-0.25, -0.2) is 0 Å². The van der Waals surface area contributed by atoms with Gasteiger partial charge in [0.15, 0.2) is 5.76 Å². The lowest BCUT2D eigenvalue weighted by Crippen LogP contribution is -2.16. The standard InChI is InChI=1S/C17H16Cl2N2O2/c1-8-15(16(23-21-8)9-5-6-9)20-17(22)11-7-10(11)14-12(18)3-2-4-13(14)19/h2-4,9-11H,5-7H2,1H3,(H,20,22)/t10-,11+/m1/s1. The molecule has 2 atom stereocenters. The van der Waals surface area contributed by atoms with Gasteiger partial charge in [-0.1, -0.05) is 34.4 Å². The number of carbonyl (C=O) groups is 1. The number of aromatic nitrogens is 1. The molecule has 1 aromatic carbocycles. The molecular weight excluding hydrogens is 335 g/mol. The fourth-order valence-corrected chi connectivity index (χ4v) is 3.73. The van der Waals surface area contributed by atoms with Crippen LogP contribution in [0.5, 0.6) is 0 Å². The Morgan fingerprint density at radius 2 is 2.00 bits per heavy atom. The molecule has 1 amide bonds. The number of halogens is 2. The number of aryl methyl sites for hydroxylation is 1. The van der Waals surface area contributed by atoms with E-state index in [4.69, 9.17) is 27.7 Å². The summed E-state index contributed by atoms with van der Waals surface area (Å²) < 4.78 is 5.36. The summed E-state index contributed by atoms with van der Waals surface area (Å²) >= 11 is 12.5. The van der Waals surface area contributed by atoms with Crippen LogP contribution in [0.2, 0.25) is 10.0 Å². The molecule has 2 aliphatic carbocycles. The summed E-state index contributed by atoms with van der Waals surface area (Å²) in [5, 5.41) is 8.23. The second-order valence-corrected chi connectivity index (χ2v) is 7.17. The SMILES string of the molecule is Cc1noc(C2CC2)c1NC(=O)[C@H]1C[C@H]1c1c(Cl)cccc1Cl. The predicted molar refractivity (Wildman–Crippen MR) is 89.2 cm³/mol. The summed E-state index contributed by atoms with van der Waals surface area (Å²) in [5.74, 6) is 1.18. The van der Waals surface area contributed by atoms with Crippen molar-refractivity contribution < 1.29 is 9.32 Å². The van der Waals surface area contributed by atoms with Gasteiger partial charge in [0.1, 0.15) is 11.4 Å². The van der Waals surface area contributed by atoms with Gasteiger partial charge in [0, 0.05) is 21.9 Å². The number of anilines is 1. The number of carbonyl (C=O) groups excluding carboxylic acids is 1. The van der Waals surface area contributed by atoms with E-state index in [1.54, 1.807) is 0 Å². The first-order valence-electron chi connectivity index (χ1n) is 7.77. The van der Waals surface area contributed by atoms with E-state index < -0.39 is 0 Å². The van der Waals surface area contributed by atoms with Crippen LogP contribution in [0.15, 0.2) is 22.7 Å². The summed E-state index contributed by atoms with van der Waals surface area (Å²) in [6, 6.07) is 5.44. The van der Waals surface area contributed by atoms with Gasteiger partial charge in [0.05, 0.1) is 0 Å². The Balaban J connectivity index is 1.51. The number of benzene rings is 1. The van der Waals surface area contributed by atoms with Gasteiger partial charge < -0.3 is 9.84 Å². The van der Waals surface area contributed by atoms with Crippen molar-refractivity contribution in [3.05, 3.63) is 45.3 Å². The molecule has 6 heteroatoms. The number of nitrogens with zero attached hydrogens (tertiary/aromatic N) is 1. The van der Waals surface area contributed by atoms with E-state index in [0.29, 0.717) is 16.0 Å². The molecule has 4 nitrogen and oxygen atoms in total. The Morgan fingerprint density at radius 1 is 1.30 bits per heavy atom. The molecule has 4 rings (SSSR count). The topological polar surface area (TPSA) is 55.1 Å². The molecule has 2 aliphatic rings. The number of hydrogen-bond acceptors (Lipinski definition) is 3. The van der Waals surface area contributed by atoms with E-state index in [1.807, 2.05) is 25.1 Å². The average Bonchev–Trinajstić information content (AvgIpc) is 3.41. The molecule has 1 heterocycles. The third-order valence-corrected chi connectivity index (χ3v) is 5.24. The highest BCUT2D eigenvalue weighted by Gasteiger charge is 2.46. The molecule has 0 saturated heterocycles. The molecule has 2 saturated carbocycles. The third kappa shape index (κ3) is 2.74. The second kappa shape index (κ2) is 5.53. The minimum absolute atomic E-state index is 0.0146. The first-order valence-corrected chi connectivity index (χ1v) is 8.52. The molecule has 0 unspecified atom stereocenters. The van der Waals surface area contributed by atoms with Crippen LogP contribution < -0.4 is 5.32 Å². The summed E-state index contributed by atoms with van der Waals surface area (Å²) in [4.78, 5) is 12.6. The Morgan fingerprint density at radius 3 is 2.65 bits per heavy atom. The van der Waals surface area contributed by atoms with Crippen molar-refractivity contribution in [2.75, 3.05) is 5.32 Å². The van der Waals surface area contributed by atoms with Crippen molar-refractivity contribution in [3.63, 3.8) is 0 Å². The zero-order valence-corrected chi connectivity index (χ0v) is 14.1. The smallest absolute Gasteiger partial charge is 0.228 e. The molecule has 0 aliphatic heterocycles. The highest BCUT2D eigenvalue weighted by molar-refractivity contribution is 6.36. The molecule has 23 heavy (non-hydrogen) atoms. The van der Waals surface area contributed by atoms with Crippen LogP contribution in [0, 0.1) is 12.8 Å². The molecule has 1 aromatic heterocycles. The predicted octanol–water partition coefficient (Wildman–Crippen LogP) is 4.91. The molecular formula is C17H16Cl2N2O2. The van der Waals surface area contributed by atoms with Crippen LogP contribution in [0.1, 0.15) is 48.1 Å². The van der Waals surface area contributed by atoms with E-state index in [1.165, 1.54) is 0 Å². The monoisotopic (exact) mass is 350 g/mol.